The van der Waals surface area contributed by atoms with Crippen molar-refractivity contribution in [1.82, 2.24) is 19.9 Å². The molecule has 3 aromatic rings. The molecule has 150 valence electrons. The molecule has 1 amide bonds. The van der Waals surface area contributed by atoms with Crippen molar-refractivity contribution < 1.29 is 9.32 Å². The number of carbonyl (C=O) groups excluding carboxylic acids is 1. The molecule has 0 atom stereocenters. The Morgan fingerprint density at radius 3 is 2.79 bits per heavy atom. The number of hydrogen-bond acceptors (Lipinski definition) is 6. The van der Waals surface area contributed by atoms with Crippen molar-refractivity contribution in [3.8, 4) is 0 Å². The van der Waals surface area contributed by atoms with Crippen LogP contribution < -0.4 is 4.90 Å². The molecule has 29 heavy (non-hydrogen) atoms. The van der Waals surface area contributed by atoms with Crippen LogP contribution in [0.3, 0.4) is 0 Å². The summed E-state index contributed by atoms with van der Waals surface area (Å²) >= 11 is 6.03. The molecule has 8 heteroatoms. The number of benzene rings is 1. The van der Waals surface area contributed by atoms with Crippen LogP contribution in [0.1, 0.15) is 16.1 Å². The van der Waals surface area contributed by atoms with Gasteiger partial charge in [0, 0.05) is 63.1 Å². The van der Waals surface area contributed by atoms with Gasteiger partial charge >= 0.3 is 0 Å². The Bertz CT molecular complexity index is 1040. The Kier molecular flexibility index (Phi) is 4.85. The van der Waals surface area contributed by atoms with E-state index in [0.717, 1.165) is 69.0 Å². The van der Waals surface area contributed by atoms with Crippen molar-refractivity contribution in [3.05, 3.63) is 52.8 Å². The van der Waals surface area contributed by atoms with Crippen LogP contribution in [0, 0.1) is 0 Å². The number of piperazine rings is 1. The first-order chi connectivity index (χ1) is 14.2. The maximum absolute atomic E-state index is 12.7. The van der Waals surface area contributed by atoms with Crippen LogP contribution in [-0.2, 0) is 6.42 Å². The summed E-state index contributed by atoms with van der Waals surface area (Å²) in [4.78, 5) is 23.5. The minimum Gasteiger partial charge on any atom is -0.354 e. The first kappa shape index (κ1) is 18.4. The SMILES string of the molecule is O=C1c2ncccc2CCN1CCN1CCN(c2noc3cc(Cl)ccc23)CC1. The topological polar surface area (TPSA) is 65.7 Å². The Morgan fingerprint density at radius 1 is 1.07 bits per heavy atom. The maximum atomic E-state index is 12.7. The fourth-order valence-electron chi connectivity index (χ4n) is 4.12. The van der Waals surface area contributed by atoms with E-state index >= 15 is 0 Å². The average molecular weight is 412 g/mol. The summed E-state index contributed by atoms with van der Waals surface area (Å²) in [7, 11) is 0. The third-order valence-electron chi connectivity index (χ3n) is 5.81. The molecule has 0 N–H and O–H groups in total. The van der Waals surface area contributed by atoms with Crippen LogP contribution in [-0.4, -0.2) is 71.7 Å². The van der Waals surface area contributed by atoms with Gasteiger partial charge in [-0.05, 0) is 30.2 Å². The number of fused-ring (bicyclic) bond motifs is 2. The quantitative estimate of drug-likeness (QED) is 0.657. The standard InChI is InChI=1S/C21H22ClN5O2/c22-16-3-4-17-18(14-16)29-24-20(17)26-11-8-25(9-12-26)10-13-27-7-5-15-2-1-6-23-19(15)21(27)28/h1-4,6,14H,5,7-13H2. The van der Waals surface area contributed by atoms with E-state index in [4.69, 9.17) is 16.1 Å². The second kappa shape index (κ2) is 7.65. The lowest BCUT2D eigenvalue weighted by Crippen LogP contribution is -2.50. The van der Waals surface area contributed by atoms with Crippen LogP contribution in [0.4, 0.5) is 5.82 Å². The number of pyridine rings is 1. The molecule has 1 fully saturated rings. The molecule has 1 saturated heterocycles. The molecule has 0 unspecified atom stereocenters. The Balaban J connectivity index is 1.17. The zero-order valence-corrected chi connectivity index (χ0v) is 16.8. The van der Waals surface area contributed by atoms with Crippen LogP contribution in [0.2, 0.25) is 5.02 Å². The summed E-state index contributed by atoms with van der Waals surface area (Å²) in [6.07, 6.45) is 2.58. The zero-order valence-electron chi connectivity index (χ0n) is 16.1. The summed E-state index contributed by atoms with van der Waals surface area (Å²) in [5.41, 5.74) is 2.39. The van der Waals surface area contributed by atoms with Gasteiger partial charge in [0.1, 0.15) is 5.69 Å². The maximum Gasteiger partial charge on any atom is 0.272 e. The molecule has 1 aromatic carbocycles. The number of nitrogens with zero attached hydrogens (tertiary/aromatic N) is 5. The van der Waals surface area contributed by atoms with Gasteiger partial charge in [0.15, 0.2) is 11.4 Å². The molecule has 4 heterocycles. The van der Waals surface area contributed by atoms with Crippen LogP contribution >= 0.6 is 11.6 Å². The largest absolute Gasteiger partial charge is 0.354 e. The van der Waals surface area contributed by atoms with Gasteiger partial charge < -0.3 is 14.3 Å². The molecule has 0 spiro atoms. The first-order valence-electron chi connectivity index (χ1n) is 9.94. The minimum absolute atomic E-state index is 0.0539. The van der Waals surface area contributed by atoms with Crippen molar-refractivity contribution in [1.29, 1.82) is 0 Å². The Morgan fingerprint density at radius 2 is 1.93 bits per heavy atom. The van der Waals surface area contributed by atoms with Gasteiger partial charge in [-0.3, -0.25) is 14.7 Å². The van der Waals surface area contributed by atoms with E-state index in [1.54, 1.807) is 12.3 Å². The monoisotopic (exact) mass is 411 g/mol. The third-order valence-corrected chi connectivity index (χ3v) is 6.04. The molecule has 5 rings (SSSR count). The fourth-order valence-corrected chi connectivity index (χ4v) is 4.29. The Hall–Kier alpha value is -2.64. The second-order valence-electron chi connectivity index (χ2n) is 7.53. The summed E-state index contributed by atoms with van der Waals surface area (Å²) in [5, 5.41) is 5.89. The molecular formula is C21H22ClN5O2. The van der Waals surface area contributed by atoms with Crippen LogP contribution in [0.25, 0.3) is 11.0 Å². The summed E-state index contributed by atoms with van der Waals surface area (Å²) < 4.78 is 5.44. The predicted molar refractivity (Wildman–Crippen MR) is 112 cm³/mol. The summed E-state index contributed by atoms with van der Waals surface area (Å²) in [5.74, 6) is 0.934. The summed E-state index contributed by atoms with van der Waals surface area (Å²) in [6.45, 7) is 5.99. The number of halogens is 1. The lowest BCUT2D eigenvalue weighted by Gasteiger charge is -2.36. The molecule has 0 radical (unpaired) electrons. The van der Waals surface area contributed by atoms with Crippen molar-refractivity contribution in [2.75, 3.05) is 50.7 Å². The van der Waals surface area contributed by atoms with E-state index < -0.39 is 0 Å². The zero-order chi connectivity index (χ0) is 19.8. The van der Waals surface area contributed by atoms with Crippen molar-refractivity contribution >= 4 is 34.3 Å². The minimum atomic E-state index is 0.0539. The van der Waals surface area contributed by atoms with Crippen LogP contribution in [0.5, 0.6) is 0 Å². The molecule has 2 aliphatic rings. The molecule has 2 aliphatic heterocycles. The van der Waals surface area contributed by atoms with Gasteiger partial charge in [-0.1, -0.05) is 22.8 Å². The van der Waals surface area contributed by atoms with Gasteiger partial charge in [-0.25, -0.2) is 0 Å². The predicted octanol–water partition coefficient (Wildman–Crippen LogP) is 2.70. The third kappa shape index (κ3) is 3.56. The van der Waals surface area contributed by atoms with Crippen LogP contribution in [0.15, 0.2) is 41.1 Å². The highest BCUT2D eigenvalue weighted by Crippen LogP contribution is 2.29. The smallest absolute Gasteiger partial charge is 0.272 e. The molecule has 0 aliphatic carbocycles. The number of hydrogen-bond donors (Lipinski definition) is 0. The van der Waals surface area contributed by atoms with E-state index in [-0.39, 0.29) is 5.91 Å². The lowest BCUT2D eigenvalue weighted by molar-refractivity contribution is 0.0710. The number of amides is 1. The molecule has 0 saturated carbocycles. The van der Waals surface area contributed by atoms with E-state index in [1.165, 1.54) is 0 Å². The van der Waals surface area contributed by atoms with Crippen molar-refractivity contribution in [3.63, 3.8) is 0 Å². The highest BCUT2D eigenvalue weighted by molar-refractivity contribution is 6.31. The van der Waals surface area contributed by atoms with E-state index in [1.807, 2.05) is 29.2 Å². The highest BCUT2D eigenvalue weighted by Gasteiger charge is 2.27. The normalized spacial score (nSPS) is 17.8. The second-order valence-corrected chi connectivity index (χ2v) is 7.97. The van der Waals surface area contributed by atoms with E-state index in [9.17, 15) is 4.79 Å². The van der Waals surface area contributed by atoms with Gasteiger partial charge in [0.2, 0.25) is 0 Å². The molecule has 0 bridgehead atoms. The average Bonchev–Trinajstić information content (AvgIpc) is 3.17. The number of carbonyl (C=O) groups is 1. The lowest BCUT2D eigenvalue weighted by atomic mass is 10.0. The summed E-state index contributed by atoms with van der Waals surface area (Å²) in [6, 6.07) is 9.52. The number of rotatable bonds is 4. The van der Waals surface area contributed by atoms with Gasteiger partial charge in [0.05, 0.1) is 5.39 Å². The van der Waals surface area contributed by atoms with E-state index in [0.29, 0.717) is 16.3 Å². The fraction of sp³-hybridized carbons (Fsp3) is 0.381. The van der Waals surface area contributed by atoms with Gasteiger partial charge in [-0.15, -0.1) is 0 Å². The molecule has 7 nitrogen and oxygen atoms in total. The first-order valence-corrected chi connectivity index (χ1v) is 10.3. The number of aromatic nitrogens is 2. The molecule has 2 aromatic heterocycles. The molecular weight excluding hydrogens is 390 g/mol. The van der Waals surface area contributed by atoms with Crippen molar-refractivity contribution in [2.45, 2.75) is 6.42 Å². The Labute approximate surface area is 173 Å². The highest BCUT2D eigenvalue weighted by atomic mass is 35.5. The van der Waals surface area contributed by atoms with Gasteiger partial charge in [0.25, 0.3) is 5.91 Å². The van der Waals surface area contributed by atoms with Gasteiger partial charge in [-0.2, -0.15) is 0 Å². The van der Waals surface area contributed by atoms with Crippen molar-refractivity contribution in [2.24, 2.45) is 0 Å². The van der Waals surface area contributed by atoms with E-state index in [2.05, 4.69) is 19.9 Å². The number of anilines is 1.